The second kappa shape index (κ2) is 7.58. The van der Waals surface area contributed by atoms with Gasteiger partial charge in [0.25, 0.3) is 5.91 Å². The minimum atomic E-state index is 0.174. The highest BCUT2D eigenvalue weighted by atomic mass is 16.5. The molecule has 1 saturated heterocycles. The number of anilines is 1. The topological polar surface area (TPSA) is 41.6 Å². The monoisotopic (exact) mass is 388 g/mol. The van der Waals surface area contributed by atoms with Crippen LogP contribution in [0, 0.1) is 5.92 Å². The Bertz CT molecular complexity index is 946. The molecule has 4 nitrogen and oxygen atoms in total. The third-order valence-corrected chi connectivity index (χ3v) is 6.56. The smallest absolute Gasteiger partial charge is 0.253 e. The summed E-state index contributed by atoms with van der Waals surface area (Å²) in [5, 5.41) is 3.77. The van der Waals surface area contributed by atoms with Gasteiger partial charge >= 0.3 is 0 Å². The number of likely N-dealkylation sites (tertiary alicyclic amines) is 1. The van der Waals surface area contributed by atoms with Crippen molar-refractivity contribution >= 4 is 11.6 Å². The third-order valence-electron chi connectivity index (χ3n) is 6.56. The summed E-state index contributed by atoms with van der Waals surface area (Å²) in [5.41, 5.74) is 4.42. The molecule has 0 bridgehead atoms. The van der Waals surface area contributed by atoms with Crippen LogP contribution in [0.3, 0.4) is 0 Å². The van der Waals surface area contributed by atoms with E-state index in [1.165, 1.54) is 11.1 Å². The molecule has 3 unspecified atom stereocenters. The van der Waals surface area contributed by atoms with E-state index in [9.17, 15) is 4.79 Å². The van der Waals surface area contributed by atoms with E-state index in [1.54, 1.807) is 0 Å². The fourth-order valence-electron chi connectivity index (χ4n) is 5.16. The molecule has 150 valence electrons. The molecule has 29 heavy (non-hydrogen) atoms. The summed E-state index contributed by atoms with van der Waals surface area (Å²) in [6, 6.07) is 14.8. The lowest BCUT2D eigenvalue weighted by molar-refractivity contribution is 0.0792. The summed E-state index contributed by atoms with van der Waals surface area (Å²) in [6.45, 7) is 4.46. The van der Waals surface area contributed by atoms with Gasteiger partial charge in [-0.2, -0.15) is 0 Å². The van der Waals surface area contributed by atoms with E-state index >= 15 is 0 Å². The van der Waals surface area contributed by atoms with Crippen LogP contribution < -0.4 is 10.1 Å². The van der Waals surface area contributed by atoms with Gasteiger partial charge in [0, 0.05) is 35.8 Å². The van der Waals surface area contributed by atoms with E-state index in [0.29, 0.717) is 18.4 Å². The summed E-state index contributed by atoms with van der Waals surface area (Å²) in [7, 11) is 0. The number of para-hydroxylation sites is 1. The average Bonchev–Trinajstić information content (AvgIpc) is 3.45. The third kappa shape index (κ3) is 3.21. The Morgan fingerprint density at radius 2 is 1.97 bits per heavy atom. The Hall–Kier alpha value is -2.75. The maximum atomic E-state index is 12.9. The molecule has 5 rings (SSSR count). The van der Waals surface area contributed by atoms with Gasteiger partial charge < -0.3 is 15.0 Å². The number of nitrogens with one attached hydrogen (secondary N) is 1. The van der Waals surface area contributed by atoms with Crippen LogP contribution >= 0.6 is 0 Å². The zero-order valence-electron chi connectivity index (χ0n) is 16.9. The number of fused-ring (bicyclic) bond motifs is 3. The van der Waals surface area contributed by atoms with Gasteiger partial charge in [0.1, 0.15) is 5.75 Å². The Kier molecular flexibility index (Phi) is 4.78. The first-order chi connectivity index (χ1) is 14.3. The maximum absolute atomic E-state index is 12.9. The number of ether oxygens (including phenoxy) is 1. The molecule has 3 aliphatic rings. The first-order valence-electron chi connectivity index (χ1n) is 10.8. The molecule has 1 aliphatic carbocycles. The molecule has 2 heterocycles. The highest BCUT2D eigenvalue weighted by molar-refractivity contribution is 5.95. The van der Waals surface area contributed by atoms with Crippen molar-refractivity contribution in [2.24, 2.45) is 5.92 Å². The van der Waals surface area contributed by atoms with Gasteiger partial charge in [-0.25, -0.2) is 0 Å². The van der Waals surface area contributed by atoms with Gasteiger partial charge in [0.2, 0.25) is 0 Å². The summed E-state index contributed by atoms with van der Waals surface area (Å²) in [4.78, 5) is 14.9. The lowest BCUT2D eigenvalue weighted by Gasteiger charge is -2.38. The normalized spacial score (nSPS) is 24.7. The van der Waals surface area contributed by atoms with Crippen LogP contribution in [0.1, 0.15) is 59.6 Å². The second-order valence-electron chi connectivity index (χ2n) is 8.25. The van der Waals surface area contributed by atoms with Gasteiger partial charge in [0.05, 0.1) is 12.6 Å². The Morgan fingerprint density at radius 1 is 1.14 bits per heavy atom. The predicted molar refractivity (Wildman–Crippen MR) is 116 cm³/mol. The molecule has 2 aromatic carbocycles. The standard InChI is InChI=1S/C25H28N2O2/c1-2-29-23-11-4-3-8-20(23)24-19-10-7-9-18(19)21-16-17(12-13-22(21)26-24)25(28)27-14-5-6-15-27/h3-4,7-9,11-13,16,18-19,24,26H,2,5-6,10,14-15H2,1H3. The molecule has 0 radical (unpaired) electrons. The van der Waals surface area contributed by atoms with E-state index in [1.807, 2.05) is 24.0 Å². The van der Waals surface area contributed by atoms with Crippen molar-refractivity contribution in [1.29, 1.82) is 0 Å². The SMILES string of the molecule is CCOc1ccccc1C1Nc2ccc(C(=O)N3CCCC3)cc2C2C=CCC21. The molecule has 3 atom stereocenters. The maximum Gasteiger partial charge on any atom is 0.253 e. The number of hydrogen-bond acceptors (Lipinski definition) is 3. The molecule has 2 aliphatic heterocycles. The molecule has 1 amide bonds. The first-order valence-corrected chi connectivity index (χ1v) is 10.8. The van der Waals surface area contributed by atoms with Gasteiger partial charge in [-0.05, 0) is 61.9 Å². The highest BCUT2D eigenvalue weighted by Crippen LogP contribution is 2.51. The zero-order chi connectivity index (χ0) is 19.8. The van der Waals surface area contributed by atoms with Crippen molar-refractivity contribution in [3.8, 4) is 5.75 Å². The van der Waals surface area contributed by atoms with Gasteiger partial charge in [-0.3, -0.25) is 4.79 Å². The summed E-state index contributed by atoms with van der Waals surface area (Å²) in [5.74, 6) is 1.90. The van der Waals surface area contributed by atoms with E-state index in [-0.39, 0.29) is 11.9 Å². The second-order valence-corrected chi connectivity index (χ2v) is 8.25. The van der Waals surface area contributed by atoms with Gasteiger partial charge in [0.15, 0.2) is 0 Å². The van der Waals surface area contributed by atoms with Crippen molar-refractivity contribution in [2.75, 3.05) is 25.0 Å². The minimum absolute atomic E-state index is 0.174. The molecule has 0 spiro atoms. The fraction of sp³-hybridized carbons (Fsp3) is 0.400. The largest absolute Gasteiger partial charge is 0.494 e. The lowest BCUT2D eigenvalue weighted by Crippen LogP contribution is -2.31. The molecule has 1 fully saturated rings. The van der Waals surface area contributed by atoms with Crippen LogP contribution in [-0.2, 0) is 0 Å². The van der Waals surface area contributed by atoms with Crippen LogP contribution in [0.15, 0.2) is 54.6 Å². The Labute approximate surface area is 172 Å². The Morgan fingerprint density at radius 3 is 2.79 bits per heavy atom. The van der Waals surface area contributed by atoms with Crippen molar-refractivity contribution in [3.05, 3.63) is 71.3 Å². The molecular weight excluding hydrogens is 360 g/mol. The lowest BCUT2D eigenvalue weighted by atomic mass is 9.76. The van der Waals surface area contributed by atoms with Crippen molar-refractivity contribution in [1.82, 2.24) is 4.90 Å². The number of amides is 1. The molecule has 1 N–H and O–H groups in total. The van der Waals surface area contributed by atoms with Gasteiger partial charge in [-0.1, -0.05) is 30.4 Å². The Balaban J connectivity index is 1.50. The summed E-state index contributed by atoms with van der Waals surface area (Å²) >= 11 is 0. The van der Waals surface area contributed by atoms with Crippen LogP contribution in [-0.4, -0.2) is 30.5 Å². The van der Waals surface area contributed by atoms with Crippen molar-refractivity contribution in [3.63, 3.8) is 0 Å². The number of hydrogen-bond donors (Lipinski definition) is 1. The summed E-state index contributed by atoms with van der Waals surface area (Å²) < 4.78 is 5.92. The zero-order valence-corrected chi connectivity index (χ0v) is 16.9. The summed E-state index contributed by atoms with van der Waals surface area (Å²) in [6.07, 6.45) is 7.88. The first kappa shape index (κ1) is 18.3. The number of benzene rings is 2. The molecule has 0 aromatic heterocycles. The fourth-order valence-corrected chi connectivity index (χ4v) is 5.16. The molecular formula is C25H28N2O2. The predicted octanol–water partition coefficient (Wildman–Crippen LogP) is 5.15. The van der Waals surface area contributed by atoms with Gasteiger partial charge in [-0.15, -0.1) is 0 Å². The van der Waals surface area contributed by atoms with E-state index in [0.717, 1.165) is 49.4 Å². The number of allylic oxidation sites excluding steroid dienone is 2. The molecule has 2 aromatic rings. The molecule has 4 heteroatoms. The van der Waals surface area contributed by atoms with Crippen LogP contribution in [0.25, 0.3) is 0 Å². The number of rotatable bonds is 4. The van der Waals surface area contributed by atoms with E-state index in [2.05, 4.69) is 47.8 Å². The van der Waals surface area contributed by atoms with E-state index in [4.69, 9.17) is 4.74 Å². The van der Waals surface area contributed by atoms with Crippen LogP contribution in [0.4, 0.5) is 5.69 Å². The highest BCUT2D eigenvalue weighted by Gasteiger charge is 2.39. The van der Waals surface area contributed by atoms with Crippen molar-refractivity contribution < 1.29 is 9.53 Å². The van der Waals surface area contributed by atoms with Crippen LogP contribution in [0.2, 0.25) is 0 Å². The molecule has 0 saturated carbocycles. The quantitative estimate of drug-likeness (QED) is 0.737. The number of carbonyl (C=O) groups is 1. The number of nitrogens with zero attached hydrogens (tertiary/aromatic N) is 1. The van der Waals surface area contributed by atoms with E-state index < -0.39 is 0 Å². The number of carbonyl (C=O) groups excluding carboxylic acids is 1. The minimum Gasteiger partial charge on any atom is -0.494 e. The van der Waals surface area contributed by atoms with Crippen molar-refractivity contribution in [2.45, 2.75) is 38.1 Å². The average molecular weight is 389 g/mol. The van der Waals surface area contributed by atoms with Crippen LogP contribution in [0.5, 0.6) is 5.75 Å².